The van der Waals surface area contributed by atoms with Gasteiger partial charge in [-0.2, -0.15) is 0 Å². The molecule has 0 aromatic carbocycles. The molecule has 5 heteroatoms. The maximum atomic E-state index is 11.1. The number of carbonyl (C=O) groups is 1. The third-order valence-electron chi connectivity index (χ3n) is 2.48. The average Bonchev–Trinajstić information content (AvgIpc) is 2.63. The molecule has 1 rings (SSSR count). The van der Waals surface area contributed by atoms with E-state index in [-0.39, 0.29) is 6.04 Å². The van der Waals surface area contributed by atoms with Crippen molar-refractivity contribution in [1.82, 2.24) is 5.32 Å². The van der Waals surface area contributed by atoms with Crippen molar-refractivity contribution in [1.29, 1.82) is 0 Å². The molecule has 2 N–H and O–H groups in total. The molecule has 0 aliphatic carbocycles. The van der Waals surface area contributed by atoms with E-state index in [4.69, 9.17) is 5.11 Å². The van der Waals surface area contributed by atoms with Gasteiger partial charge in [0.2, 0.25) is 0 Å². The molecule has 0 spiro atoms. The predicted molar refractivity (Wildman–Crippen MR) is 74.4 cm³/mol. The minimum absolute atomic E-state index is 0.0612. The van der Waals surface area contributed by atoms with E-state index in [0.29, 0.717) is 12.3 Å². The van der Waals surface area contributed by atoms with Gasteiger partial charge in [-0.3, -0.25) is 10.1 Å². The fourth-order valence-corrected chi connectivity index (χ4v) is 3.09. The SMILES string of the molecule is CC(C)CC(NC(C)c1ccc(Br)s1)C(=O)O. The summed E-state index contributed by atoms with van der Waals surface area (Å²) in [6.45, 7) is 6.06. The van der Waals surface area contributed by atoms with E-state index in [1.165, 1.54) is 0 Å². The molecule has 0 saturated heterocycles. The van der Waals surface area contributed by atoms with E-state index in [0.717, 1.165) is 8.66 Å². The van der Waals surface area contributed by atoms with E-state index in [1.807, 2.05) is 32.9 Å². The topological polar surface area (TPSA) is 49.3 Å². The molecule has 0 radical (unpaired) electrons. The van der Waals surface area contributed by atoms with Crippen LogP contribution in [0.25, 0.3) is 0 Å². The van der Waals surface area contributed by atoms with Crippen LogP contribution >= 0.6 is 27.3 Å². The highest BCUT2D eigenvalue weighted by atomic mass is 79.9. The molecule has 3 nitrogen and oxygen atoms in total. The number of hydrogen-bond donors (Lipinski definition) is 2. The number of carboxylic acids is 1. The molecule has 2 atom stereocenters. The van der Waals surface area contributed by atoms with Crippen LogP contribution in [0.15, 0.2) is 15.9 Å². The molecule has 96 valence electrons. The number of nitrogens with one attached hydrogen (secondary N) is 1. The second-order valence-corrected chi connectivity index (χ2v) is 7.05. The molecule has 0 bridgehead atoms. The number of aliphatic carboxylic acids is 1. The molecular weight excluding hydrogens is 302 g/mol. The number of hydrogen-bond acceptors (Lipinski definition) is 3. The van der Waals surface area contributed by atoms with E-state index in [2.05, 4.69) is 21.2 Å². The van der Waals surface area contributed by atoms with Crippen LogP contribution in [0.5, 0.6) is 0 Å². The Hall–Kier alpha value is -0.390. The van der Waals surface area contributed by atoms with Crippen molar-refractivity contribution in [2.75, 3.05) is 0 Å². The minimum atomic E-state index is -0.777. The van der Waals surface area contributed by atoms with Gasteiger partial charge < -0.3 is 5.11 Å². The van der Waals surface area contributed by atoms with Crippen LogP contribution in [0.2, 0.25) is 0 Å². The van der Waals surface area contributed by atoms with Crippen LogP contribution in [-0.2, 0) is 4.79 Å². The zero-order chi connectivity index (χ0) is 13.0. The number of rotatable bonds is 6. The summed E-state index contributed by atoms with van der Waals surface area (Å²) in [5.41, 5.74) is 0. The molecule has 0 fully saturated rings. The standard InChI is InChI=1S/C12H18BrNO2S/c1-7(2)6-9(12(15)16)14-8(3)10-4-5-11(13)17-10/h4-5,7-9,14H,6H2,1-3H3,(H,15,16). The van der Waals surface area contributed by atoms with E-state index in [1.54, 1.807) is 11.3 Å². The van der Waals surface area contributed by atoms with Crippen LogP contribution in [0, 0.1) is 5.92 Å². The number of thiophene rings is 1. The van der Waals surface area contributed by atoms with Crippen molar-refractivity contribution >= 4 is 33.2 Å². The van der Waals surface area contributed by atoms with E-state index >= 15 is 0 Å². The van der Waals surface area contributed by atoms with Crippen molar-refractivity contribution in [2.45, 2.75) is 39.3 Å². The average molecular weight is 320 g/mol. The van der Waals surface area contributed by atoms with Gasteiger partial charge in [-0.25, -0.2) is 0 Å². The lowest BCUT2D eigenvalue weighted by Crippen LogP contribution is -2.39. The fraction of sp³-hybridized carbons (Fsp3) is 0.583. The summed E-state index contributed by atoms with van der Waals surface area (Å²) in [6, 6.07) is 3.58. The third-order valence-corrected chi connectivity index (χ3v) is 4.28. The first-order valence-electron chi connectivity index (χ1n) is 5.64. The first-order valence-corrected chi connectivity index (χ1v) is 7.25. The zero-order valence-electron chi connectivity index (χ0n) is 10.2. The van der Waals surface area contributed by atoms with Crippen LogP contribution in [0.1, 0.15) is 38.1 Å². The summed E-state index contributed by atoms with van der Waals surface area (Å²) < 4.78 is 1.07. The molecule has 17 heavy (non-hydrogen) atoms. The number of carboxylic acid groups (broad SMARTS) is 1. The van der Waals surface area contributed by atoms with Gasteiger partial charge in [-0.05, 0) is 47.3 Å². The molecular formula is C12H18BrNO2S. The minimum Gasteiger partial charge on any atom is -0.480 e. The fourth-order valence-electron chi connectivity index (χ4n) is 1.66. The van der Waals surface area contributed by atoms with Gasteiger partial charge in [-0.1, -0.05) is 13.8 Å². The predicted octanol–water partition coefficient (Wildman–Crippen LogP) is 3.66. The molecule has 1 aromatic heterocycles. The Bertz CT molecular complexity index is 378. The Balaban J connectivity index is 2.63. The maximum absolute atomic E-state index is 11.1. The monoisotopic (exact) mass is 319 g/mol. The first-order chi connectivity index (χ1) is 7.90. The van der Waals surface area contributed by atoms with Gasteiger partial charge >= 0.3 is 5.97 Å². The maximum Gasteiger partial charge on any atom is 0.320 e. The van der Waals surface area contributed by atoms with Crippen molar-refractivity contribution in [3.63, 3.8) is 0 Å². The highest BCUT2D eigenvalue weighted by Crippen LogP contribution is 2.27. The smallest absolute Gasteiger partial charge is 0.320 e. The lowest BCUT2D eigenvalue weighted by Gasteiger charge is -2.20. The summed E-state index contributed by atoms with van der Waals surface area (Å²) >= 11 is 5.04. The molecule has 0 aliphatic heterocycles. The summed E-state index contributed by atoms with van der Waals surface area (Å²) in [5.74, 6) is -0.410. The van der Waals surface area contributed by atoms with E-state index < -0.39 is 12.0 Å². The van der Waals surface area contributed by atoms with Gasteiger partial charge in [-0.15, -0.1) is 11.3 Å². The van der Waals surface area contributed by atoms with Crippen molar-refractivity contribution in [3.05, 3.63) is 20.8 Å². The lowest BCUT2D eigenvalue weighted by atomic mass is 10.0. The lowest BCUT2D eigenvalue weighted by molar-refractivity contribution is -0.140. The van der Waals surface area contributed by atoms with Crippen LogP contribution in [0.4, 0.5) is 0 Å². The van der Waals surface area contributed by atoms with Crippen molar-refractivity contribution < 1.29 is 9.90 Å². The zero-order valence-corrected chi connectivity index (χ0v) is 12.6. The van der Waals surface area contributed by atoms with Crippen molar-refractivity contribution in [3.8, 4) is 0 Å². The quantitative estimate of drug-likeness (QED) is 0.841. The first kappa shape index (κ1) is 14.7. The second-order valence-electron chi connectivity index (χ2n) is 4.55. The molecule has 1 heterocycles. The second kappa shape index (κ2) is 6.52. The van der Waals surface area contributed by atoms with E-state index in [9.17, 15) is 4.79 Å². The molecule has 0 aliphatic rings. The molecule has 1 aromatic rings. The Morgan fingerprint density at radius 3 is 2.53 bits per heavy atom. The highest BCUT2D eigenvalue weighted by molar-refractivity contribution is 9.11. The van der Waals surface area contributed by atoms with Gasteiger partial charge in [0, 0.05) is 10.9 Å². The van der Waals surface area contributed by atoms with Crippen LogP contribution < -0.4 is 5.32 Å². The van der Waals surface area contributed by atoms with Gasteiger partial charge in [0.15, 0.2) is 0 Å². The highest BCUT2D eigenvalue weighted by Gasteiger charge is 2.21. The van der Waals surface area contributed by atoms with Crippen LogP contribution in [-0.4, -0.2) is 17.1 Å². The largest absolute Gasteiger partial charge is 0.480 e. The van der Waals surface area contributed by atoms with Gasteiger partial charge in [0.25, 0.3) is 0 Å². The summed E-state index contributed by atoms with van der Waals surface area (Å²) in [4.78, 5) is 12.3. The Labute approximate surface area is 114 Å². The summed E-state index contributed by atoms with van der Waals surface area (Å²) in [6.07, 6.45) is 0.645. The third kappa shape index (κ3) is 4.77. The molecule has 0 amide bonds. The normalized spacial score (nSPS) is 14.9. The Morgan fingerprint density at radius 1 is 1.47 bits per heavy atom. The molecule has 0 saturated carbocycles. The van der Waals surface area contributed by atoms with Gasteiger partial charge in [0.1, 0.15) is 6.04 Å². The Morgan fingerprint density at radius 2 is 2.12 bits per heavy atom. The van der Waals surface area contributed by atoms with Crippen molar-refractivity contribution in [2.24, 2.45) is 5.92 Å². The number of halogens is 1. The van der Waals surface area contributed by atoms with Gasteiger partial charge in [0.05, 0.1) is 3.79 Å². The van der Waals surface area contributed by atoms with Crippen LogP contribution in [0.3, 0.4) is 0 Å². The molecule has 2 unspecified atom stereocenters. The summed E-state index contributed by atoms with van der Waals surface area (Å²) in [7, 11) is 0. The summed E-state index contributed by atoms with van der Waals surface area (Å²) in [5, 5.41) is 12.3. The Kier molecular flexibility index (Phi) is 5.62.